The first-order chi connectivity index (χ1) is 23.2. The Morgan fingerprint density at radius 1 is 1.04 bits per heavy atom. The molecule has 1 atom stereocenters. The van der Waals surface area contributed by atoms with Crippen LogP contribution in [0.15, 0.2) is 71.2 Å². The van der Waals surface area contributed by atoms with Gasteiger partial charge < -0.3 is 19.4 Å². The number of hydrogen-bond acceptors (Lipinski definition) is 8. The minimum Gasteiger partial charge on any atom is -0.421 e. The lowest BCUT2D eigenvalue weighted by molar-refractivity contribution is -0.138. The van der Waals surface area contributed by atoms with E-state index in [4.69, 9.17) is 9.15 Å². The zero-order valence-corrected chi connectivity index (χ0v) is 26.4. The summed E-state index contributed by atoms with van der Waals surface area (Å²) in [6, 6.07) is 16.3. The molecule has 2 amide bonds. The van der Waals surface area contributed by atoms with Crippen molar-refractivity contribution in [3.8, 4) is 22.7 Å². The molecule has 0 radical (unpaired) electrons. The van der Waals surface area contributed by atoms with Crippen LogP contribution in [-0.2, 0) is 14.3 Å². The molecule has 4 heterocycles. The Bertz CT molecular complexity index is 2040. The number of aromatic amines is 1. The van der Waals surface area contributed by atoms with Crippen LogP contribution in [0.5, 0.6) is 0 Å². The van der Waals surface area contributed by atoms with E-state index >= 15 is 4.39 Å². The molecule has 2 aliphatic rings. The number of likely N-dealkylation sites (tertiary alicyclic amines) is 1. The van der Waals surface area contributed by atoms with Crippen LogP contribution in [-0.4, -0.2) is 87.4 Å². The van der Waals surface area contributed by atoms with Crippen LogP contribution in [0.3, 0.4) is 0 Å². The molecule has 48 heavy (non-hydrogen) atoms. The highest BCUT2D eigenvalue weighted by Gasteiger charge is 2.45. The van der Waals surface area contributed by atoms with Crippen LogP contribution in [0.2, 0.25) is 0 Å². The topological polar surface area (TPSA) is 129 Å². The van der Waals surface area contributed by atoms with Gasteiger partial charge in [0.2, 0.25) is 17.7 Å². The zero-order valence-electron chi connectivity index (χ0n) is 26.4. The van der Waals surface area contributed by atoms with Crippen molar-refractivity contribution in [3.63, 3.8) is 0 Å². The summed E-state index contributed by atoms with van der Waals surface area (Å²) in [5.74, 6) is -0.437. The average Bonchev–Trinajstić information content (AvgIpc) is 3.84. The predicted molar refractivity (Wildman–Crippen MR) is 175 cm³/mol. The second-order valence-corrected chi connectivity index (χ2v) is 12.1. The van der Waals surface area contributed by atoms with E-state index < -0.39 is 11.4 Å². The van der Waals surface area contributed by atoms with Crippen molar-refractivity contribution in [3.05, 3.63) is 89.8 Å². The third-order valence-corrected chi connectivity index (χ3v) is 9.06. The highest BCUT2D eigenvalue weighted by atomic mass is 19.1. The minimum atomic E-state index is -1.13. The van der Waals surface area contributed by atoms with E-state index in [1.54, 1.807) is 42.2 Å². The molecule has 0 unspecified atom stereocenters. The molecule has 3 aromatic carbocycles. The Morgan fingerprint density at radius 3 is 2.56 bits per heavy atom. The average molecular weight is 654 g/mol. The number of anilines is 1. The second-order valence-electron chi connectivity index (χ2n) is 12.1. The number of rotatable bonds is 8. The lowest BCUT2D eigenvalue weighted by Gasteiger charge is -2.30. The lowest BCUT2D eigenvalue weighted by atomic mass is 9.97. The number of carbonyl (C=O) groups excluding carboxylic acids is 2. The smallest absolute Gasteiger partial charge is 0.258 e. The third-order valence-electron chi connectivity index (χ3n) is 9.06. The third kappa shape index (κ3) is 6.09. The first kappa shape index (κ1) is 31.3. The standard InChI is InChI=1S/C35H33F2N7O4/c1-21-39-42-33(48-21)24-5-9-27(29(37)17-24)22-11-14-44(15-12-22)31(45)19-43-16-13-35(20-43,47-2)34(46)38-26-8-10-30-28(18-26)32(41-40-30)23-3-6-25(36)7-4-23/h3-11,17-18H,12-16,19-20H2,1-2H3,(H,38,46)(H,40,41)/t35-/m0/s1. The van der Waals surface area contributed by atoms with Crippen molar-refractivity contribution < 1.29 is 27.5 Å². The van der Waals surface area contributed by atoms with Crippen LogP contribution in [0.1, 0.15) is 24.3 Å². The van der Waals surface area contributed by atoms with Gasteiger partial charge in [-0.1, -0.05) is 12.1 Å². The number of carbonyl (C=O) groups is 2. The summed E-state index contributed by atoms with van der Waals surface area (Å²) in [7, 11) is 1.50. The van der Waals surface area contributed by atoms with Crippen LogP contribution in [0, 0.1) is 18.6 Å². The number of fused-ring (bicyclic) bond motifs is 1. The molecule has 13 heteroatoms. The number of hydrogen-bond donors (Lipinski definition) is 2. The Hall–Kier alpha value is -5.27. The highest BCUT2D eigenvalue weighted by Crippen LogP contribution is 2.32. The van der Waals surface area contributed by atoms with E-state index in [-0.39, 0.29) is 36.6 Å². The number of methoxy groups -OCH3 is 1. The Labute approximate surface area is 274 Å². The van der Waals surface area contributed by atoms with Gasteiger partial charge in [-0.2, -0.15) is 5.10 Å². The molecule has 0 spiro atoms. The Morgan fingerprint density at radius 2 is 1.85 bits per heavy atom. The summed E-state index contributed by atoms with van der Waals surface area (Å²) in [6.07, 6.45) is 2.81. The van der Waals surface area contributed by atoms with Crippen molar-refractivity contribution in [2.24, 2.45) is 0 Å². The first-order valence-corrected chi connectivity index (χ1v) is 15.6. The van der Waals surface area contributed by atoms with Gasteiger partial charge in [-0.15, -0.1) is 10.2 Å². The largest absolute Gasteiger partial charge is 0.421 e. The molecule has 0 bridgehead atoms. The van der Waals surface area contributed by atoms with Gasteiger partial charge in [0.05, 0.1) is 17.8 Å². The molecule has 0 aliphatic carbocycles. The normalized spacial score (nSPS) is 18.3. The van der Waals surface area contributed by atoms with E-state index in [0.29, 0.717) is 60.9 Å². The number of aryl methyl sites for hydroxylation is 1. The maximum atomic E-state index is 15.0. The number of H-pyrrole nitrogens is 1. The van der Waals surface area contributed by atoms with Crippen LogP contribution in [0.25, 0.3) is 39.2 Å². The second kappa shape index (κ2) is 12.7. The quantitative estimate of drug-likeness (QED) is 0.234. The molecule has 1 saturated heterocycles. The fourth-order valence-electron chi connectivity index (χ4n) is 6.36. The van der Waals surface area contributed by atoms with Gasteiger partial charge in [0, 0.05) is 68.0 Å². The van der Waals surface area contributed by atoms with Gasteiger partial charge in [0.15, 0.2) is 5.60 Å². The van der Waals surface area contributed by atoms with Gasteiger partial charge in [0.1, 0.15) is 11.6 Å². The first-order valence-electron chi connectivity index (χ1n) is 15.6. The van der Waals surface area contributed by atoms with Crippen LogP contribution in [0.4, 0.5) is 14.5 Å². The summed E-state index contributed by atoms with van der Waals surface area (Å²) in [4.78, 5) is 30.5. The maximum Gasteiger partial charge on any atom is 0.258 e. The van der Waals surface area contributed by atoms with Crippen molar-refractivity contribution in [1.29, 1.82) is 0 Å². The Balaban J connectivity index is 0.969. The van der Waals surface area contributed by atoms with Crippen molar-refractivity contribution in [2.75, 3.05) is 45.2 Å². The highest BCUT2D eigenvalue weighted by molar-refractivity contribution is 6.01. The number of nitrogens with zero attached hydrogens (tertiary/aromatic N) is 5. The predicted octanol–water partition coefficient (Wildman–Crippen LogP) is 5.21. The molecule has 2 aliphatic heterocycles. The van der Waals surface area contributed by atoms with Gasteiger partial charge in [0.25, 0.3) is 5.91 Å². The van der Waals surface area contributed by atoms with Crippen LogP contribution < -0.4 is 5.32 Å². The maximum absolute atomic E-state index is 15.0. The van der Waals surface area contributed by atoms with E-state index in [1.165, 1.54) is 25.3 Å². The van der Waals surface area contributed by atoms with Gasteiger partial charge >= 0.3 is 0 Å². The number of halogens is 2. The number of aromatic nitrogens is 4. The molecule has 0 saturated carbocycles. The minimum absolute atomic E-state index is 0.0704. The molecular formula is C35H33F2N7O4. The SMILES string of the molecule is CO[C@@]1(C(=O)Nc2ccc3[nH]nc(-c4ccc(F)cc4)c3c2)CCN(CC(=O)N2CC=C(c3ccc(-c4nnc(C)o4)cc3F)CC2)C1. The Kier molecular flexibility index (Phi) is 8.31. The van der Waals surface area contributed by atoms with Crippen molar-refractivity contribution >= 4 is 34.0 Å². The zero-order chi connectivity index (χ0) is 33.4. The van der Waals surface area contributed by atoms with E-state index in [9.17, 15) is 14.0 Å². The van der Waals surface area contributed by atoms with E-state index in [0.717, 1.165) is 22.0 Å². The van der Waals surface area contributed by atoms with Gasteiger partial charge in [-0.3, -0.25) is 19.6 Å². The molecule has 2 N–H and O–H groups in total. The van der Waals surface area contributed by atoms with Gasteiger partial charge in [-0.05, 0) is 73.0 Å². The summed E-state index contributed by atoms with van der Waals surface area (Å²) in [5, 5.41) is 18.9. The summed E-state index contributed by atoms with van der Waals surface area (Å²) in [6.45, 7) is 3.38. The number of benzene rings is 3. The lowest BCUT2D eigenvalue weighted by Crippen LogP contribution is -2.48. The molecular weight excluding hydrogens is 620 g/mol. The number of amides is 2. The summed E-state index contributed by atoms with van der Waals surface area (Å²) < 4.78 is 39.7. The summed E-state index contributed by atoms with van der Waals surface area (Å²) >= 11 is 0. The summed E-state index contributed by atoms with van der Waals surface area (Å²) in [5.41, 5.74) is 3.42. The fourth-order valence-corrected chi connectivity index (χ4v) is 6.36. The van der Waals surface area contributed by atoms with Crippen LogP contribution >= 0.6 is 0 Å². The molecule has 11 nitrogen and oxygen atoms in total. The number of nitrogens with one attached hydrogen (secondary N) is 2. The van der Waals surface area contributed by atoms with Gasteiger partial charge in [-0.25, -0.2) is 8.78 Å². The van der Waals surface area contributed by atoms with E-state index in [2.05, 4.69) is 25.7 Å². The molecule has 1 fully saturated rings. The molecule has 246 valence electrons. The monoisotopic (exact) mass is 653 g/mol. The molecule has 5 aromatic rings. The fraction of sp³-hybridized carbons (Fsp3) is 0.286. The molecule has 2 aromatic heterocycles. The number of ether oxygens (including phenoxy) is 1. The van der Waals surface area contributed by atoms with Crippen molar-refractivity contribution in [2.45, 2.75) is 25.4 Å². The molecule has 7 rings (SSSR count). The van der Waals surface area contributed by atoms with Crippen molar-refractivity contribution in [1.82, 2.24) is 30.2 Å². The van der Waals surface area contributed by atoms with E-state index in [1.807, 2.05) is 23.1 Å².